The third-order valence-corrected chi connectivity index (χ3v) is 3.18. The van der Waals surface area contributed by atoms with Crippen LogP contribution in [0, 0.1) is 0 Å². The number of hydrogen-bond acceptors (Lipinski definition) is 1. The van der Waals surface area contributed by atoms with E-state index in [4.69, 9.17) is 34.8 Å². The van der Waals surface area contributed by atoms with Gasteiger partial charge in [-0.1, -0.05) is 23.2 Å². The number of halogens is 4. The van der Waals surface area contributed by atoms with Crippen LogP contribution in [0.3, 0.4) is 0 Å². The highest BCUT2D eigenvalue weighted by Gasteiger charge is 2.11. The molecule has 0 saturated heterocycles. The van der Waals surface area contributed by atoms with E-state index in [-0.39, 0.29) is 11.7 Å². The summed E-state index contributed by atoms with van der Waals surface area (Å²) in [4.78, 5) is 11.2. The zero-order valence-corrected chi connectivity index (χ0v) is 10.1. The van der Waals surface area contributed by atoms with E-state index in [0.29, 0.717) is 20.1 Å². The van der Waals surface area contributed by atoms with Crippen LogP contribution < -0.4 is 0 Å². The summed E-state index contributed by atoms with van der Waals surface area (Å²) in [5.41, 5.74) is 0.352. The van der Waals surface area contributed by atoms with E-state index >= 15 is 0 Å². The normalized spacial score (nSPS) is 10.2. The summed E-state index contributed by atoms with van der Waals surface area (Å²) in [5, 5.41) is 0.791. The van der Waals surface area contributed by atoms with Crippen molar-refractivity contribution in [3.05, 3.63) is 32.2 Å². The molecule has 0 aliphatic rings. The molecule has 0 aliphatic heterocycles. The summed E-state index contributed by atoms with van der Waals surface area (Å²) in [6.45, 7) is 0. The van der Waals surface area contributed by atoms with Gasteiger partial charge in [-0.15, -0.1) is 11.6 Å². The van der Waals surface area contributed by atoms with E-state index in [1.54, 1.807) is 6.07 Å². The molecule has 0 unspecified atom stereocenters. The summed E-state index contributed by atoms with van der Waals surface area (Å²) >= 11 is 20.2. The lowest BCUT2D eigenvalue weighted by atomic mass is 10.1. The Kier molecular flexibility index (Phi) is 4.05. The van der Waals surface area contributed by atoms with Crippen molar-refractivity contribution in [2.24, 2.45) is 0 Å². The second-order valence-corrected chi connectivity index (χ2v) is 4.24. The van der Waals surface area contributed by atoms with E-state index in [0.717, 1.165) is 0 Å². The van der Waals surface area contributed by atoms with E-state index in [2.05, 4.69) is 15.9 Å². The van der Waals surface area contributed by atoms with Crippen molar-refractivity contribution in [1.82, 2.24) is 0 Å². The maximum absolute atomic E-state index is 11.2. The first-order valence-electron chi connectivity index (χ1n) is 3.30. The van der Waals surface area contributed by atoms with Crippen LogP contribution in [-0.4, -0.2) is 11.7 Å². The summed E-state index contributed by atoms with van der Waals surface area (Å²) in [5.74, 6) is -0.335. The summed E-state index contributed by atoms with van der Waals surface area (Å²) < 4.78 is 0.658. The van der Waals surface area contributed by atoms with Crippen LogP contribution >= 0.6 is 50.7 Å². The predicted octanol–water partition coefficient (Wildman–Crippen LogP) is 4.18. The zero-order valence-electron chi connectivity index (χ0n) is 6.28. The van der Waals surface area contributed by atoms with E-state index in [1.165, 1.54) is 6.07 Å². The Bertz CT molecular complexity index is 351. The number of carbonyl (C=O) groups excluding carboxylic acids is 1. The van der Waals surface area contributed by atoms with Crippen molar-refractivity contribution in [1.29, 1.82) is 0 Å². The van der Waals surface area contributed by atoms with Crippen LogP contribution in [0.5, 0.6) is 0 Å². The highest BCUT2D eigenvalue weighted by molar-refractivity contribution is 9.10. The second-order valence-electron chi connectivity index (χ2n) is 2.30. The van der Waals surface area contributed by atoms with Gasteiger partial charge in [0.2, 0.25) is 0 Å². The van der Waals surface area contributed by atoms with Crippen LogP contribution in [-0.2, 0) is 0 Å². The predicted molar refractivity (Wildman–Crippen MR) is 59.2 cm³/mol. The van der Waals surface area contributed by atoms with Gasteiger partial charge in [0.1, 0.15) is 0 Å². The van der Waals surface area contributed by atoms with E-state index < -0.39 is 0 Å². The first-order chi connectivity index (χ1) is 6.06. The minimum absolute atomic E-state index is 0.0995. The monoisotopic (exact) mass is 300 g/mol. The van der Waals surface area contributed by atoms with Gasteiger partial charge in [-0.25, -0.2) is 0 Å². The van der Waals surface area contributed by atoms with Crippen molar-refractivity contribution in [2.45, 2.75) is 0 Å². The number of rotatable bonds is 2. The van der Waals surface area contributed by atoms with Gasteiger partial charge in [0.05, 0.1) is 15.9 Å². The molecule has 1 aromatic rings. The Hall–Kier alpha value is 0.240. The fourth-order valence-corrected chi connectivity index (χ4v) is 1.86. The maximum Gasteiger partial charge on any atom is 0.179 e. The first kappa shape index (κ1) is 11.3. The summed E-state index contributed by atoms with van der Waals surface area (Å²) in [7, 11) is 0. The molecule has 5 heteroatoms. The Morgan fingerprint density at radius 1 is 1.31 bits per heavy atom. The molecule has 0 radical (unpaired) electrons. The molecule has 70 valence electrons. The molecule has 0 saturated carbocycles. The highest BCUT2D eigenvalue weighted by atomic mass is 79.9. The van der Waals surface area contributed by atoms with Gasteiger partial charge >= 0.3 is 0 Å². The molecule has 0 N–H and O–H groups in total. The molecule has 13 heavy (non-hydrogen) atoms. The van der Waals surface area contributed by atoms with Gasteiger partial charge in [-0.2, -0.15) is 0 Å². The first-order valence-corrected chi connectivity index (χ1v) is 5.38. The Labute approximate surface area is 99.1 Å². The van der Waals surface area contributed by atoms with Crippen LogP contribution in [0.15, 0.2) is 16.6 Å². The SMILES string of the molecule is O=C(CCl)c1cc(Cl)c(Br)cc1Cl. The molecule has 0 aliphatic carbocycles. The molecule has 1 nitrogen and oxygen atoms in total. The number of hydrogen-bond donors (Lipinski definition) is 0. The number of Topliss-reactive ketones (excluding diaryl/α,β-unsaturated/α-hetero) is 1. The van der Waals surface area contributed by atoms with Gasteiger partial charge in [-0.05, 0) is 28.1 Å². The quantitative estimate of drug-likeness (QED) is 0.455. The topological polar surface area (TPSA) is 17.1 Å². The number of alkyl halides is 1. The third-order valence-electron chi connectivity index (χ3n) is 1.43. The van der Waals surface area contributed by atoms with Gasteiger partial charge in [0.25, 0.3) is 0 Å². The number of carbonyl (C=O) groups is 1. The Morgan fingerprint density at radius 2 is 1.92 bits per heavy atom. The lowest BCUT2D eigenvalue weighted by Crippen LogP contribution is -2.01. The molecule has 1 rings (SSSR count). The second kappa shape index (κ2) is 4.65. The maximum atomic E-state index is 11.2. The van der Waals surface area contributed by atoms with E-state index in [1.807, 2.05) is 0 Å². The largest absolute Gasteiger partial charge is 0.293 e. The van der Waals surface area contributed by atoms with Gasteiger partial charge in [-0.3, -0.25) is 4.79 Å². The van der Waals surface area contributed by atoms with Gasteiger partial charge in [0, 0.05) is 10.0 Å². The Morgan fingerprint density at radius 3 is 2.46 bits per heavy atom. The lowest BCUT2D eigenvalue weighted by Gasteiger charge is -2.03. The van der Waals surface area contributed by atoms with Crippen LogP contribution in [0.4, 0.5) is 0 Å². The molecule has 1 aromatic carbocycles. The van der Waals surface area contributed by atoms with Crippen LogP contribution in [0.25, 0.3) is 0 Å². The molecular formula is C8H4BrCl3O. The number of ketones is 1. The fraction of sp³-hybridized carbons (Fsp3) is 0.125. The molecule has 0 bridgehead atoms. The van der Waals surface area contributed by atoms with Gasteiger partial charge < -0.3 is 0 Å². The van der Waals surface area contributed by atoms with E-state index in [9.17, 15) is 4.79 Å². The molecule has 0 atom stereocenters. The smallest absolute Gasteiger partial charge is 0.179 e. The third kappa shape index (κ3) is 2.59. The van der Waals surface area contributed by atoms with Crippen molar-refractivity contribution in [2.75, 3.05) is 5.88 Å². The van der Waals surface area contributed by atoms with Crippen LogP contribution in [0.2, 0.25) is 10.0 Å². The van der Waals surface area contributed by atoms with Crippen molar-refractivity contribution in [3.63, 3.8) is 0 Å². The Balaban J connectivity index is 3.23. The molecule has 0 heterocycles. The molecule has 0 aromatic heterocycles. The van der Waals surface area contributed by atoms with Crippen molar-refractivity contribution >= 4 is 56.5 Å². The van der Waals surface area contributed by atoms with Crippen molar-refractivity contribution in [3.8, 4) is 0 Å². The molecule has 0 amide bonds. The highest BCUT2D eigenvalue weighted by Crippen LogP contribution is 2.29. The standard InChI is InChI=1S/C8H4BrCl3O/c9-5-2-6(11)4(1-7(5)12)8(13)3-10/h1-2H,3H2. The minimum atomic E-state index is -0.235. The fourth-order valence-electron chi connectivity index (χ4n) is 0.808. The average Bonchev–Trinajstić information content (AvgIpc) is 2.10. The molecular weight excluding hydrogens is 298 g/mol. The zero-order chi connectivity index (χ0) is 10.0. The van der Waals surface area contributed by atoms with Gasteiger partial charge in [0.15, 0.2) is 5.78 Å². The molecule has 0 spiro atoms. The summed E-state index contributed by atoms with van der Waals surface area (Å²) in [6, 6.07) is 3.07. The van der Waals surface area contributed by atoms with Crippen LogP contribution in [0.1, 0.15) is 10.4 Å². The molecule has 0 fully saturated rings. The number of benzene rings is 1. The summed E-state index contributed by atoms with van der Waals surface area (Å²) in [6.07, 6.45) is 0. The lowest BCUT2D eigenvalue weighted by molar-refractivity contribution is 0.102. The average molecular weight is 302 g/mol. The minimum Gasteiger partial charge on any atom is -0.293 e. The van der Waals surface area contributed by atoms with Crippen molar-refractivity contribution < 1.29 is 4.79 Å².